The van der Waals surface area contributed by atoms with Gasteiger partial charge < -0.3 is 5.73 Å². The van der Waals surface area contributed by atoms with Gasteiger partial charge in [-0.1, -0.05) is 27.4 Å². The van der Waals surface area contributed by atoms with Crippen molar-refractivity contribution in [1.82, 2.24) is 0 Å². The topological polar surface area (TPSA) is 26.0 Å². The summed E-state index contributed by atoms with van der Waals surface area (Å²) in [5, 5.41) is 1.80. The summed E-state index contributed by atoms with van der Waals surface area (Å²) in [7, 11) is 0. The van der Waals surface area contributed by atoms with Crippen molar-refractivity contribution < 1.29 is 0 Å². The van der Waals surface area contributed by atoms with Gasteiger partial charge in [-0.25, -0.2) is 0 Å². The van der Waals surface area contributed by atoms with Gasteiger partial charge in [0, 0.05) is 11.1 Å². The van der Waals surface area contributed by atoms with Crippen molar-refractivity contribution in [2.75, 3.05) is 0 Å². The van der Waals surface area contributed by atoms with E-state index < -0.39 is 0 Å². The van der Waals surface area contributed by atoms with Crippen molar-refractivity contribution in [3.05, 3.63) is 23.1 Å². The van der Waals surface area contributed by atoms with Gasteiger partial charge in [0.15, 0.2) is 0 Å². The third kappa shape index (κ3) is 2.97. The lowest BCUT2D eigenvalue weighted by molar-refractivity contribution is 0.532. The molecule has 10 heavy (non-hydrogen) atoms. The smallest absolute Gasteiger partial charge is 0.00995 e. The van der Waals surface area contributed by atoms with E-state index in [1.54, 1.807) is 23.4 Å². The molecule has 0 aliphatic carbocycles. The fraction of sp³-hybridized carbons (Fsp3) is 0.500. The van der Waals surface area contributed by atoms with Crippen molar-refractivity contribution in [2.24, 2.45) is 11.1 Å². The maximum Gasteiger partial charge on any atom is 0.00995 e. The molecule has 0 heterocycles. The first-order valence-electron chi connectivity index (χ1n) is 3.22. The summed E-state index contributed by atoms with van der Waals surface area (Å²) in [6.07, 6.45) is 1.65. The van der Waals surface area contributed by atoms with E-state index in [0.717, 1.165) is 4.91 Å². The second-order valence-electron chi connectivity index (χ2n) is 3.07. The molecule has 0 bridgehead atoms. The van der Waals surface area contributed by atoms with Crippen LogP contribution in [0.4, 0.5) is 0 Å². The van der Waals surface area contributed by atoms with Crippen LogP contribution in [0.15, 0.2) is 23.1 Å². The van der Waals surface area contributed by atoms with Crippen molar-refractivity contribution in [3.8, 4) is 0 Å². The van der Waals surface area contributed by atoms with Crippen LogP contribution in [0, 0.1) is 5.41 Å². The Morgan fingerprint density at radius 3 is 2.10 bits per heavy atom. The van der Waals surface area contributed by atoms with Crippen molar-refractivity contribution in [3.63, 3.8) is 0 Å². The third-order valence-corrected chi connectivity index (χ3v) is 2.27. The van der Waals surface area contributed by atoms with Gasteiger partial charge in [-0.15, -0.1) is 11.8 Å². The molecule has 0 aromatic heterocycles. The van der Waals surface area contributed by atoms with E-state index in [9.17, 15) is 0 Å². The van der Waals surface area contributed by atoms with Crippen LogP contribution in [0.25, 0.3) is 0 Å². The van der Waals surface area contributed by atoms with Gasteiger partial charge in [-0.05, 0) is 10.8 Å². The first kappa shape index (κ1) is 9.63. The molecule has 0 spiro atoms. The van der Waals surface area contributed by atoms with Gasteiger partial charge >= 0.3 is 0 Å². The van der Waals surface area contributed by atoms with Gasteiger partial charge in [0.25, 0.3) is 0 Å². The molecule has 0 rings (SSSR count). The zero-order valence-corrected chi connectivity index (χ0v) is 7.66. The summed E-state index contributed by atoms with van der Waals surface area (Å²) in [5.41, 5.74) is 5.56. The Hall–Kier alpha value is -0.370. The van der Waals surface area contributed by atoms with Crippen LogP contribution >= 0.6 is 11.8 Å². The number of hydrogen-bond acceptors (Lipinski definition) is 2. The van der Waals surface area contributed by atoms with E-state index in [2.05, 4.69) is 27.4 Å². The van der Waals surface area contributed by atoms with Crippen LogP contribution in [0.3, 0.4) is 0 Å². The lowest BCUT2D eigenvalue weighted by atomic mass is 9.97. The van der Waals surface area contributed by atoms with E-state index in [0.29, 0.717) is 0 Å². The van der Waals surface area contributed by atoms with Crippen LogP contribution in [0.1, 0.15) is 20.8 Å². The fourth-order valence-corrected chi connectivity index (χ4v) is 1.17. The van der Waals surface area contributed by atoms with Gasteiger partial charge in [0.2, 0.25) is 0 Å². The molecule has 0 amide bonds. The molecule has 0 saturated carbocycles. The number of hydrogen-bond donors (Lipinski definition) is 1. The highest BCUT2D eigenvalue weighted by Crippen LogP contribution is 2.33. The summed E-state index contributed by atoms with van der Waals surface area (Å²) in [5.74, 6) is 0. The van der Waals surface area contributed by atoms with Gasteiger partial charge in [-0.2, -0.15) is 0 Å². The normalized spacial score (nSPS) is 13.3. The lowest BCUT2D eigenvalue weighted by Gasteiger charge is -2.19. The predicted octanol–water partition coefficient (Wildman–Crippen LogP) is 2.71. The minimum absolute atomic E-state index is 0.146. The van der Waals surface area contributed by atoms with E-state index in [4.69, 9.17) is 5.73 Å². The molecule has 0 fully saturated rings. The highest BCUT2D eigenvalue weighted by Gasteiger charge is 2.15. The summed E-state index contributed by atoms with van der Waals surface area (Å²) < 4.78 is 0. The minimum atomic E-state index is 0.146. The number of allylic oxidation sites excluding steroid dienone is 1. The third-order valence-electron chi connectivity index (χ3n) is 1.10. The van der Waals surface area contributed by atoms with Gasteiger partial charge in [0.1, 0.15) is 0 Å². The second-order valence-corrected chi connectivity index (χ2v) is 4.07. The number of nitrogens with two attached hydrogens (primary N) is 1. The van der Waals surface area contributed by atoms with E-state index >= 15 is 0 Å². The second kappa shape index (κ2) is 3.71. The molecule has 0 aliphatic rings. The monoisotopic (exact) mass is 157 g/mol. The molecule has 1 nitrogen and oxygen atoms in total. The van der Waals surface area contributed by atoms with Crippen molar-refractivity contribution in [1.29, 1.82) is 0 Å². The maximum atomic E-state index is 5.41. The Kier molecular flexibility index (Phi) is 3.58. The Morgan fingerprint density at radius 2 is 2.00 bits per heavy atom. The van der Waals surface area contributed by atoms with E-state index in [-0.39, 0.29) is 5.41 Å². The molecule has 0 saturated heterocycles. The molecule has 0 aliphatic heterocycles. The van der Waals surface area contributed by atoms with Crippen molar-refractivity contribution >= 4 is 11.8 Å². The van der Waals surface area contributed by atoms with Crippen LogP contribution < -0.4 is 5.73 Å². The fourth-order valence-electron chi connectivity index (χ4n) is 0.556. The van der Waals surface area contributed by atoms with E-state index in [1.165, 1.54) is 0 Å². The summed E-state index contributed by atoms with van der Waals surface area (Å²) in [4.78, 5) is 1.16. The Labute approximate surface area is 67.4 Å². The van der Waals surface area contributed by atoms with E-state index in [1.807, 2.05) is 0 Å². The predicted molar refractivity (Wildman–Crippen MR) is 49.5 cm³/mol. The number of thioether (sulfide) groups is 1. The quantitative estimate of drug-likeness (QED) is 0.667. The maximum absolute atomic E-state index is 5.41. The van der Waals surface area contributed by atoms with Crippen LogP contribution in [0.2, 0.25) is 0 Å². The highest BCUT2D eigenvalue weighted by molar-refractivity contribution is 8.05. The molecular weight excluding hydrogens is 142 g/mol. The summed E-state index contributed by atoms with van der Waals surface area (Å²) in [6, 6.07) is 0. The molecular formula is C8H15NS. The number of rotatable bonds is 2. The SMILES string of the molecule is C=CS/C(=C\N)C(C)(C)C. The first-order chi connectivity index (χ1) is 4.52. The Balaban J connectivity index is 4.23. The molecule has 0 aromatic carbocycles. The minimum Gasteiger partial charge on any atom is -0.404 e. The van der Waals surface area contributed by atoms with Crippen LogP contribution in [-0.2, 0) is 0 Å². The molecule has 0 aromatic rings. The molecule has 0 atom stereocenters. The molecule has 2 heteroatoms. The summed E-state index contributed by atoms with van der Waals surface area (Å²) >= 11 is 1.58. The molecule has 0 unspecified atom stereocenters. The van der Waals surface area contributed by atoms with Gasteiger partial charge in [-0.3, -0.25) is 0 Å². The average molecular weight is 157 g/mol. The van der Waals surface area contributed by atoms with Crippen LogP contribution in [-0.4, -0.2) is 0 Å². The largest absolute Gasteiger partial charge is 0.404 e. The van der Waals surface area contributed by atoms with Crippen molar-refractivity contribution in [2.45, 2.75) is 20.8 Å². The summed E-state index contributed by atoms with van der Waals surface area (Å²) in [6.45, 7) is 10.0. The first-order valence-corrected chi connectivity index (χ1v) is 4.10. The van der Waals surface area contributed by atoms with Crippen LogP contribution in [0.5, 0.6) is 0 Å². The zero-order valence-electron chi connectivity index (χ0n) is 6.85. The highest BCUT2D eigenvalue weighted by atomic mass is 32.2. The zero-order chi connectivity index (χ0) is 8.20. The Morgan fingerprint density at radius 1 is 1.50 bits per heavy atom. The molecule has 0 radical (unpaired) electrons. The standard InChI is InChI=1S/C8H15NS/c1-5-10-7(6-9)8(2,3)4/h5-6H,1,9H2,2-4H3/b7-6-. The lowest BCUT2D eigenvalue weighted by Crippen LogP contribution is -2.07. The average Bonchev–Trinajstić information content (AvgIpc) is 1.80. The van der Waals surface area contributed by atoms with Gasteiger partial charge in [0.05, 0.1) is 0 Å². The molecule has 2 N–H and O–H groups in total. The molecule has 58 valence electrons. The Bertz CT molecular complexity index is 142.